The van der Waals surface area contributed by atoms with Gasteiger partial charge in [-0.3, -0.25) is 0 Å². The Bertz CT molecular complexity index is 431. The van der Waals surface area contributed by atoms with Crippen molar-refractivity contribution >= 4 is 12.2 Å². The lowest BCUT2D eigenvalue weighted by Crippen LogP contribution is -2.22. The summed E-state index contributed by atoms with van der Waals surface area (Å²) in [6.07, 6.45) is -2.17. The van der Waals surface area contributed by atoms with E-state index in [4.69, 9.17) is 10.2 Å². The molecule has 0 aliphatic carbocycles. The van der Waals surface area contributed by atoms with E-state index in [0.29, 0.717) is 0 Å². The van der Waals surface area contributed by atoms with Gasteiger partial charge in [-0.25, -0.2) is 9.59 Å². The highest BCUT2D eigenvalue weighted by Crippen LogP contribution is 2.11. The van der Waals surface area contributed by atoms with Gasteiger partial charge in [0.2, 0.25) is 0 Å². The molecule has 0 radical (unpaired) electrons. The summed E-state index contributed by atoms with van der Waals surface area (Å²) in [5, 5.41) is 21.5. The van der Waals surface area contributed by atoms with E-state index in [9.17, 15) is 9.59 Å². The second kappa shape index (κ2) is 5.74. The molecule has 0 aliphatic heterocycles. The van der Waals surface area contributed by atoms with Crippen LogP contribution in [0.5, 0.6) is 0 Å². The second-order valence-corrected chi connectivity index (χ2v) is 3.58. The SMILES string of the molecule is Cc1ccc(CNC(=O)O)cc1CNC(=O)O. The lowest BCUT2D eigenvalue weighted by Gasteiger charge is -2.09. The van der Waals surface area contributed by atoms with E-state index in [2.05, 4.69) is 10.6 Å². The lowest BCUT2D eigenvalue weighted by molar-refractivity contribution is 0.193. The molecule has 0 atom stereocenters. The van der Waals surface area contributed by atoms with Crippen LogP contribution in [0.15, 0.2) is 18.2 Å². The van der Waals surface area contributed by atoms with Crippen molar-refractivity contribution in [3.05, 3.63) is 34.9 Å². The molecule has 0 bridgehead atoms. The summed E-state index contributed by atoms with van der Waals surface area (Å²) in [5.41, 5.74) is 2.58. The first-order valence-electron chi connectivity index (χ1n) is 5.01. The van der Waals surface area contributed by atoms with E-state index in [1.54, 1.807) is 12.1 Å². The Kier molecular flexibility index (Phi) is 4.33. The highest BCUT2D eigenvalue weighted by Gasteiger charge is 2.03. The van der Waals surface area contributed by atoms with Gasteiger partial charge < -0.3 is 20.8 Å². The highest BCUT2D eigenvalue weighted by molar-refractivity contribution is 5.65. The first-order valence-corrected chi connectivity index (χ1v) is 5.01. The van der Waals surface area contributed by atoms with Crippen LogP contribution in [0.4, 0.5) is 9.59 Å². The van der Waals surface area contributed by atoms with Crippen molar-refractivity contribution < 1.29 is 19.8 Å². The number of amides is 2. The molecule has 2 amide bonds. The third kappa shape index (κ3) is 4.42. The molecule has 17 heavy (non-hydrogen) atoms. The number of carboxylic acid groups (broad SMARTS) is 2. The number of rotatable bonds is 4. The van der Waals surface area contributed by atoms with Crippen LogP contribution in [-0.4, -0.2) is 22.4 Å². The molecule has 6 heteroatoms. The standard InChI is InChI=1S/C11H14N2O4/c1-7-2-3-8(5-12-10(14)15)4-9(7)6-13-11(16)17/h2-4,12-13H,5-6H2,1H3,(H,14,15)(H,16,17). The molecule has 0 fully saturated rings. The van der Waals surface area contributed by atoms with Gasteiger partial charge in [-0.1, -0.05) is 18.2 Å². The maximum Gasteiger partial charge on any atom is 0.404 e. The zero-order valence-electron chi connectivity index (χ0n) is 9.36. The fourth-order valence-electron chi connectivity index (χ4n) is 1.37. The second-order valence-electron chi connectivity index (χ2n) is 3.58. The van der Waals surface area contributed by atoms with Crippen molar-refractivity contribution in [3.8, 4) is 0 Å². The molecular formula is C11H14N2O4. The summed E-state index contributed by atoms with van der Waals surface area (Å²) in [5.74, 6) is 0. The van der Waals surface area contributed by atoms with E-state index in [1.807, 2.05) is 13.0 Å². The molecule has 0 heterocycles. The zero-order valence-corrected chi connectivity index (χ0v) is 9.36. The van der Waals surface area contributed by atoms with Gasteiger partial charge in [0.1, 0.15) is 0 Å². The Balaban J connectivity index is 2.71. The van der Waals surface area contributed by atoms with E-state index < -0.39 is 12.2 Å². The topological polar surface area (TPSA) is 98.7 Å². The number of nitrogens with one attached hydrogen (secondary N) is 2. The number of hydrogen-bond donors (Lipinski definition) is 4. The lowest BCUT2D eigenvalue weighted by atomic mass is 10.0. The molecule has 6 nitrogen and oxygen atoms in total. The largest absolute Gasteiger partial charge is 0.465 e. The summed E-state index contributed by atoms with van der Waals surface area (Å²) in [6.45, 7) is 2.28. The smallest absolute Gasteiger partial charge is 0.404 e. The van der Waals surface area contributed by atoms with Crippen molar-refractivity contribution in [3.63, 3.8) is 0 Å². The summed E-state index contributed by atoms with van der Waals surface area (Å²) in [4.78, 5) is 20.7. The molecule has 1 aromatic rings. The van der Waals surface area contributed by atoms with Crippen LogP contribution in [-0.2, 0) is 13.1 Å². The van der Waals surface area contributed by atoms with Crippen LogP contribution < -0.4 is 10.6 Å². The summed E-state index contributed by atoms with van der Waals surface area (Å²) in [7, 11) is 0. The van der Waals surface area contributed by atoms with Crippen molar-refractivity contribution in [2.24, 2.45) is 0 Å². The summed E-state index contributed by atoms with van der Waals surface area (Å²) in [6, 6.07) is 5.41. The molecule has 4 N–H and O–H groups in total. The third-order valence-electron chi connectivity index (χ3n) is 2.29. The number of hydrogen-bond acceptors (Lipinski definition) is 2. The summed E-state index contributed by atoms with van der Waals surface area (Å²) >= 11 is 0. The quantitative estimate of drug-likeness (QED) is 0.639. The Labute approximate surface area is 98.3 Å². The van der Waals surface area contributed by atoms with Gasteiger partial charge in [0.15, 0.2) is 0 Å². The zero-order chi connectivity index (χ0) is 12.8. The van der Waals surface area contributed by atoms with Crippen molar-refractivity contribution in [1.29, 1.82) is 0 Å². The Morgan fingerprint density at radius 3 is 2.29 bits per heavy atom. The predicted octanol–water partition coefficient (Wildman–Crippen LogP) is 1.53. The molecule has 1 rings (SSSR count). The molecule has 92 valence electrons. The molecule has 0 spiro atoms. The Morgan fingerprint density at radius 2 is 1.71 bits per heavy atom. The predicted molar refractivity (Wildman–Crippen MR) is 60.9 cm³/mol. The monoisotopic (exact) mass is 238 g/mol. The van der Waals surface area contributed by atoms with Gasteiger partial charge in [-0.2, -0.15) is 0 Å². The van der Waals surface area contributed by atoms with Gasteiger partial charge in [0.05, 0.1) is 0 Å². The average Bonchev–Trinajstić information content (AvgIpc) is 2.26. The van der Waals surface area contributed by atoms with Gasteiger partial charge in [-0.15, -0.1) is 0 Å². The molecular weight excluding hydrogens is 224 g/mol. The van der Waals surface area contributed by atoms with E-state index in [1.165, 1.54) is 0 Å². The first kappa shape index (κ1) is 12.8. The maximum atomic E-state index is 10.4. The van der Waals surface area contributed by atoms with E-state index in [-0.39, 0.29) is 13.1 Å². The van der Waals surface area contributed by atoms with Crippen LogP contribution in [0.1, 0.15) is 16.7 Å². The number of aryl methyl sites for hydroxylation is 1. The van der Waals surface area contributed by atoms with Crippen LogP contribution in [0.25, 0.3) is 0 Å². The molecule has 0 unspecified atom stereocenters. The maximum absolute atomic E-state index is 10.4. The third-order valence-corrected chi connectivity index (χ3v) is 2.29. The normalized spacial score (nSPS) is 9.71. The minimum atomic E-state index is -1.09. The fourth-order valence-corrected chi connectivity index (χ4v) is 1.37. The highest BCUT2D eigenvalue weighted by atomic mass is 16.4. The van der Waals surface area contributed by atoms with E-state index in [0.717, 1.165) is 16.7 Å². The van der Waals surface area contributed by atoms with Crippen molar-refractivity contribution in [2.45, 2.75) is 20.0 Å². The first-order chi connectivity index (χ1) is 7.99. The van der Waals surface area contributed by atoms with Crippen molar-refractivity contribution in [2.75, 3.05) is 0 Å². The minimum absolute atomic E-state index is 0.204. The van der Waals surface area contributed by atoms with Crippen LogP contribution >= 0.6 is 0 Å². The molecule has 0 aliphatic rings. The minimum Gasteiger partial charge on any atom is -0.465 e. The van der Waals surface area contributed by atoms with Gasteiger partial charge in [0.25, 0.3) is 0 Å². The van der Waals surface area contributed by atoms with Crippen LogP contribution in [0, 0.1) is 6.92 Å². The number of benzene rings is 1. The molecule has 0 aromatic heterocycles. The van der Waals surface area contributed by atoms with Crippen LogP contribution in [0.2, 0.25) is 0 Å². The number of carbonyl (C=O) groups is 2. The average molecular weight is 238 g/mol. The Morgan fingerprint density at radius 1 is 1.12 bits per heavy atom. The molecule has 0 saturated heterocycles. The van der Waals surface area contributed by atoms with Gasteiger partial charge >= 0.3 is 12.2 Å². The molecule has 0 saturated carbocycles. The Hall–Kier alpha value is -2.24. The van der Waals surface area contributed by atoms with Gasteiger partial charge in [-0.05, 0) is 23.6 Å². The molecule has 1 aromatic carbocycles. The fraction of sp³-hybridized carbons (Fsp3) is 0.273. The van der Waals surface area contributed by atoms with Crippen LogP contribution in [0.3, 0.4) is 0 Å². The van der Waals surface area contributed by atoms with E-state index >= 15 is 0 Å². The summed E-state index contributed by atoms with van der Waals surface area (Å²) < 4.78 is 0. The van der Waals surface area contributed by atoms with Crippen molar-refractivity contribution in [1.82, 2.24) is 10.6 Å². The van der Waals surface area contributed by atoms with Gasteiger partial charge in [0, 0.05) is 13.1 Å².